The van der Waals surface area contributed by atoms with Crippen LogP contribution in [0.2, 0.25) is 0 Å². The van der Waals surface area contributed by atoms with E-state index in [9.17, 15) is 24.0 Å². The van der Waals surface area contributed by atoms with Crippen LogP contribution in [0.15, 0.2) is 115 Å². The molecular weight excluding hydrogens is 729 g/mol. The largest absolute Gasteiger partial charge is 0.343 e. The fraction of sp³-hybridized carbons (Fsp3) is 0.383. The molecule has 306 valence electrons. The lowest BCUT2D eigenvalue weighted by Gasteiger charge is -2.31. The molecule has 11 nitrogen and oxygen atoms in total. The van der Waals surface area contributed by atoms with Crippen molar-refractivity contribution in [1.82, 2.24) is 25.3 Å². The molecule has 0 saturated carbocycles. The van der Waals surface area contributed by atoms with Crippen molar-refractivity contribution in [2.45, 2.75) is 70.0 Å². The van der Waals surface area contributed by atoms with Crippen LogP contribution in [-0.4, -0.2) is 103 Å². The molecule has 1 fully saturated rings. The summed E-state index contributed by atoms with van der Waals surface area (Å²) in [6, 6.07) is 34.2. The Labute approximate surface area is 343 Å². The molecule has 58 heavy (non-hydrogen) atoms. The van der Waals surface area contributed by atoms with Gasteiger partial charge in [-0.2, -0.15) is 0 Å². The van der Waals surface area contributed by atoms with Crippen LogP contribution in [0.1, 0.15) is 62.1 Å². The molecule has 1 heterocycles. The number of nitrogens with one attached hydrogen (secondary N) is 2. The topological polar surface area (TPSA) is 145 Å². The number of rotatable bonds is 18. The van der Waals surface area contributed by atoms with Gasteiger partial charge >= 0.3 is 0 Å². The van der Waals surface area contributed by atoms with Crippen LogP contribution in [0.4, 0.5) is 0 Å². The Bertz CT molecular complexity index is 1910. The zero-order chi connectivity index (χ0) is 41.6. The summed E-state index contributed by atoms with van der Waals surface area (Å²) in [7, 11) is 3.11. The average Bonchev–Trinajstić information content (AvgIpc) is 3.79. The Balaban J connectivity index is 1.30. The normalized spacial score (nSPS) is 14.1. The minimum absolute atomic E-state index is 0.0322. The second kappa shape index (κ2) is 21.1. The maximum Gasteiger partial charge on any atom is 0.245 e. The molecular formula is C47H58N6O5. The molecule has 4 aromatic carbocycles. The molecule has 1 aliphatic heterocycles. The SMILES string of the molecule is CC(C)CC(NC(=O)C(CN)N(C)C(=O)CCN(C)C(=O)C(Cc1ccc(-c2ccccc2)cc1)NC(=O)C(c1ccccc1)c1ccccc1)C(=O)N1CCCC1. The lowest BCUT2D eigenvalue weighted by molar-refractivity contribution is -0.142. The highest BCUT2D eigenvalue weighted by atomic mass is 16.2. The highest BCUT2D eigenvalue weighted by Crippen LogP contribution is 2.26. The monoisotopic (exact) mass is 786 g/mol. The Morgan fingerprint density at radius 1 is 0.690 bits per heavy atom. The third-order valence-corrected chi connectivity index (χ3v) is 10.8. The molecule has 0 bridgehead atoms. The van der Waals surface area contributed by atoms with Crippen molar-refractivity contribution < 1.29 is 24.0 Å². The van der Waals surface area contributed by atoms with Crippen LogP contribution >= 0.6 is 0 Å². The van der Waals surface area contributed by atoms with E-state index in [-0.39, 0.29) is 55.5 Å². The van der Waals surface area contributed by atoms with Crippen LogP contribution in [0, 0.1) is 5.92 Å². The number of likely N-dealkylation sites (N-methyl/N-ethyl adjacent to an activating group) is 2. The summed E-state index contributed by atoms with van der Waals surface area (Å²) < 4.78 is 0. The van der Waals surface area contributed by atoms with Gasteiger partial charge in [0.25, 0.3) is 0 Å². The van der Waals surface area contributed by atoms with E-state index < -0.39 is 30.0 Å². The maximum absolute atomic E-state index is 14.3. The van der Waals surface area contributed by atoms with Gasteiger partial charge in [0.2, 0.25) is 29.5 Å². The number of carbonyl (C=O) groups is 5. The van der Waals surface area contributed by atoms with Gasteiger partial charge in [0, 0.05) is 53.1 Å². The molecule has 4 N–H and O–H groups in total. The van der Waals surface area contributed by atoms with Gasteiger partial charge in [-0.1, -0.05) is 129 Å². The van der Waals surface area contributed by atoms with Crippen LogP contribution in [-0.2, 0) is 30.4 Å². The van der Waals surface area contributed by atoms with E-state index in [1.807, 2.05) is 129 Å². The molecule has 0 spiro atoms. The Morgan fingerprint density at radius 3 is 1.74 bits per heavy atom. The first-order chi connectivity index (χ1) is 28.0. The highest BCUT2D eigenvalue weighted by Gasteiger charge is 2.34. The predicted molar refractivity (Wildman–Crippen MR) is 227 cm³/mol. The van der Waals surface area contributed by atoms with Gasteiger partial charge in [0.05, 0.1) is 5.92 Å². The van der Waals surface area contributed by atoms with Crippen molar-refractivity contribution in [1.29, 1.82) is 0 Å². The number of benzene rings is 4. The van der Waals surface area contributed by atoms with Gasteiger partial charge in [-0.15, -0.1) is 0 Å². The molecule has 0 aromatic heterocycles. The molecule has 5 rings (SSSR count). The van der Waals surface area contributed by atoms with E-state index >= 15 is 0 Å². The van der Waals surface area contributed by atoms with Crippen molar-refractivity contribution >= 4 is 29.5 Å². The lowest BCUT2D eigenvalue weighted by atomic mass is 9.90. The fourth-order valence-corrected chi connectivity index (χ4v) is 7.49. The van der Waals surface area contributed by atoms with Crippen LogP contribution < -0.4 is 16.4 Å². The second-order valence-corrected chi connectivity index (χ2v) is 15.6. The summed E-state index contributed by atoms with van der Waals surface area (Å²) in [5.74, 6) is -2.18. The summed E-state index contributed by atoms with van der Waals surface area (Å²) in [6.45, 7) is 5.21. The number of likely N-dealkylation sites (tertiary alicyclic amines) is 1. The Hall–Kier alpha value is -5.81. The number of amides is 5. The van der Waals surface area contributed by atoms with E-state index in [0.29, 0.717) is 19.5 Å². The molecule has 5 amide bonds. The number of carbonyl (C=O) groups excluding carboxylic acids is 5. The smallest absolute Gasteiger partial charge is 0.245 e. The first-order valence-corrected chi connectivity index (χ1v) is 20.3. The zero-order valence-electron chi connectivity index (χ0n) is 34.2. The van der Waals surface area contributed by atoms with E-state index in [1.54, 1.807) is 11.9 Å². The average molecular weight is 787 g/mol. The molecule has 1 saturated heterocycles. The molecule has 4 aromatic rings. The summed E-state index contributed by atoms with van der Waals surface area (Å²) >= 11 is 0. The number of hydrogen-bond donors (Lipinski definition) is 3. The van der Waals surface area contributed by atoms with Crippen LogP contribution in [0.25, 0.3) is 11.1 Å². The highest BCUT2D eigenvalue weighted by molar-refractivity contribution is 5.94. The molecule has 3 atom stereocenters. The summed E-state index contributed by atoms with van der Waals surface area (Å²) in [4.78, 5) is 73.5. The maximum atomic E-state index is 14.3. The van der Waals surface area contributed by atoms with E-state index in [2.05, 4.69) is 10.6 Å². The number of hydrogen-bond acceptors (Lipinski definition) is 6. The number of nitrogens with zero attached hydrogens (tertiary/aromatic N) is 3. The lowest BCUT2D eigenvalue weighted by Crippen LogP contribution is -2.57. The summed E-state index contributed by atoms with van der Waals surface area (Å²) in [5.41, 5.74) is 10.6. The van der Waals surface area contributed by atoms with E-state index in [0.717, 1.165) is 40.7 Å². The van der Waals surface area contributed by atoms with Crippen molar-refractivity contribution in [3.8, 4) is 11.1 Å². The van der Waals surface area contributed by atoms with Gasteiger partial charge in [-0.3, -0.25) is 24.0 Å². The van der Waals surface area contributed by atoms with E-state index in [4.69, 9.17) is 5.73 Å². The standard InChI is InChI=1S/C47H58N6O5/c1-33(2)30-39(47(58)53-27-14-15-28-53)49-44(55)41(32-48)52(4)42(54)26-29-51(3)46(57)40(31-34-22-24-36(25-23-34)35-16-8-5-9-17-35)50-45(56)43(37-18-10-6-11-19-37)38-20-12-7-13-21-38/h5-13,16-25,33,39-41,43H,14-15,26-32,48H2,1-4H3,(H,49,55)(H,50,56). The molecule has 11 heteroatoms. The zero-order valence-corrected chi connectivity index (χ0v) is 34.2. The van der Waals surface area contributed by atoms with E-state index in [1.165, 1.54) is 16.8 Å². The van der Waals surface area contributed by atoms with Gasteiger partial charge in [0.15, 0.2) is 0 Å². The van der Waals surface area contributed by atoms with Gasteiger partial charge in [-0.05, 0) is 53.0 Å². The van der Waals surface area contributed by atoms with Crippen LogP contribution in [0.5, 0.6) is 0 Å². The molecule has 0 aliphatic carbocycles. The summed E-state index contributed by atoms with van der Waals surface area (Å²) in [5, 5.41) is 5.96. The van der Waals surface area contributed by atoms with Crippen LogP contribution in [0.3, 0.4) is 0 Å². The van der Waals surface area contributed by atoms with Crippen molar-refractivity contribution in [2.24, 2.45) is 11.7 Å². The quantitative estimate of drug-likeness (QED) is 0.130. The first-order valence-electron chi connectivity index (χ1n) is 20.3. The Kier molecular flexibility index (Phi) is 15.8. The fourth-order valence-electron chi connectivity index (χ4n) is 7.49. The van der Waals surface area contributed by atoms with Crippen molar-refractivity contribution in [3.05, 3.63) is 132 Å². The van der Waals surface area contributed by atoms with Crippen molar-refractivity contribution in [3.63, 3.8) is 0 Å². The molecule has 3 unspecified atom stereocenters. The molecule has 1 aliphatic rings. The third-order valence-electron chi connectivity index (χ3n) is 10.8. The first kappa shape index (κ1) is 43.3. The summed E-state index contributed by atoms with van der Waals surface area (Å²) in [6.07, 6.45) is 2.47. The Morgan fingerprint density at radius 2 is 1.21 bits per heavy atom. The molecule has 0 radical (unpaired) electrons. The minimum atomic E-state index is -1.01. The minimum Gasteiger partial charge on any atom is -0.343 e. The van der Waals surface area contributed by atoms with Gasteiger partial charge < -0.3 is 31.1 Å². The van der Waals surface area contributed by atoms with Crippen molar-refractivity contribution in [2.75, 3.05) is 40.3 Å². The van der Waals surface area contributed by atoms with Gasteiger partial charge in [0.1, 0.15) is 18.1 Å². The number of nitrogens with two attached hydrogens (primary N) is 1. The van der Waals surface area contributed by atoms with Gasteiger partial charge in [-0.25, -0.2) is 0 Å². The second-order valence-electron chi connectivity index (χ2n) is 15.6. The third kappa shape index (κ3) is 11.6. The predicted octanol–water partition coefficient (Wildman–Crippen LogP) is 5.00.